The van der Waals surface area contributed by atoms with Crippen molar-refractivity contribution >= 4 is 17.9 Å². The highest BCUT2D eigenvalue weighted by Crippen LogP contribution is 2.29. The molecule has 3 rings (SSSR count). The molecule has 10 heteroatoms. The van der Waals surface area contributed by atoms with Gasteiger partial charge < -0.3 is 24.9 Å². The van der Waals surface area contributed by atoms with Crippen molar-refractivity contribution in [2.24, 2.45) is 4.99 Å². The highest BCUT2D eigenvalue weighted by atomic mass is 19.1. The van der Waals surface area contributed by atoms with E-state index in [0.29, 0.717) is 28.7 Å². The smallest absolute Gasteiger partial charge is 0.322 e. The molecule has 2 aromatic carbocycles. The topological polar surface area (TPSA) is 121 Å². The number of guanidine groups is 1. The fourth-order valence-corrected chi connectivity index (χ4v) is 2.81. The van der Waals surface area contributed by atoms with Crippen molar-refractivity contribution in [2.45, 2.75) is 6.54 Å². The van der Waals surface area contributed by atoms with Gasteiger partial charge >= 0.3 is 5.97 Å². The van der Waals surface area contributed by atoms with Gasteiger partial charge in [-0.1, -0.05) is 6.07 Å². The SMILES string of the molecule is COc1cccc(OC)c1CN=C(NCC(=O)O)Nc1ncc(-c2ccc(F)cc2)[nH]1. The predicted molar refractivity (Wildman–Crippen MR) is 114 cm³/mol. The third kappa shape index (κ3) is 5.72. The molecule has 0 saturated carbocycles. The molecule has 0 amide bonds. The highest BCUT2D eigenvalue weighted by molar-refractivity contribution is 5.94. The maximum Gasteiger partial charge on any atom is 0.322 e. The summed E-state index contributed by atoms with van der Waals surface area (Å²) in [5.74, 6) is 0.337. The van der Waals surface area contributed by atoms with Gasteiger partial charge in [0.25, 0.3) is 0 Å². The lowest BCUT2D eigenvalue weighted by atomic mass is 10.2. The van der Waals surface area contributed by atoms with Crippen molar-refractivity contribution in [1.29, 1.82) is 0 Å². The van der Waals surface area contributed by atoms with Crippen molar-refractivity contribution in [3.8, 4) is 22.8 Å². The molecule has 1 aromatic heterocycles. The van der Waals surface area contributed by atoms with Gasteiger partial charge in [-0.25, -0.2) is 14.4 Å². The molecule has 0 atom stereocenters. The number of aliphatic imine (C=N–C) groups is 1. The van der Waals surface area contributed by atoms with Crippen LogP contribution in [0.25, 0.3) is 11.3 Å². The van der Waals surface area contributed by atoms with E-state index in [2.05, 4.69) is 25.6 Å². The van der Waals surface area contributed by atoms with E-state index in [1.165, 1.54) is 12.1 Å². The highest BCUT2D eigenvalue weighted by Gasteiger charge is 2.12. The monoisotopic (exact) mass is 427 g/mol. The maximum absolute atomic E-state index is 13.1. The molecule has 1 heterocycles. The number of anilines is 1. The number of nitrogens with zero attached hydrogens (tertiary/aromatic N) is 2. The Morgan fingerprint density at radius 3 is 2.45 bits per heavy atom. The summed E-state index contributed by atoms with van der Waals surface area (Å²) in [6, 6.07) is 11.3. The Bertz CT molecular complexity index is 1040. The van der Waals surface area contributed by atoms with E-state index >= 15 is 0 Å². The molecule has 0 radical (unpaired) electrons. The lowest BCUT2D eigenvalue weighted by Crippen LogP contribution is -2.35. The lowest BCUT2D eigenvalue weighted by Gasteiger charge is -2.13. The summed E-state index contributed by atoms with van der Waals surface area (Å²) >= 11 is 0. The minimum atomic E-state index is -1.05. The molecule has 0 aliphatic carbocycles. The van der Waals surface area contributed by atoms with Crippen molar-refractivity contribution in [2.75, 3.05) is 26.1 Å². The van der Waals surface area contributed by atoms with Gasteiger partial charge in [0.15, 0.2) is 5.96 Å². The molecule has 0 aliphatic heterocycles. The zero-order chi connectivity index (χ0) is 22.2. The second-order valence-electron chi connectivity index (χ2n) is 6.33. The zero-order valence-electron chi connectivity index (χ0n) is 17.0. The third-order valence-corrected chi connectivity index (χ3v) is 4.30. The summed E-state index contributed by atoms with van der Waals surface area (Å²) in [4.78, 5) is 22.7. The first-order valence-electron chi connectivity index (χ1n) is 9.28. The number of halogens is 1. The Labute approximate surface area is 178 Å². The molecule has 0 saturated heterocycles. The quantitative estimate of drug-likeness (QED) is 0.322. The van der Waals surface area contributed by atoms with Gasteiger partial charge in [-0.3, -0.25) is 10.1 Å². The molecule has 31 heavy (non-hydrogen) atoms. The first-order chi connectivity index (χ1) is 15.0. The van der Waals surface area contributed by atoms with E-state index in [0.717, 1.165) is 5.56 Å². The number of carboxylic acids is 1. The minimum Gasteiger partial charge on any atom is -0.496 e. The molecule has 0 aliphatic rings. The normalized spacial score (nSPS) is 11.1. The van der Waals surface area contributed by atoms with Crippen LogP contribution in [0, 0.1) is 5.82 Å². The van der Waals surface area contributed by atoms with Crippen LogP contribution in [0.4, 0.5) is 10.3 Å². The fraction of sp³-hybridized carbons (Fsp3) is 0.190. The fourth-order valence-electron chi connectivity index (χ4n) is 2.81. The van der Waals surface area contributed by atoms with Crippen LogP contribution in [0.15, 0.2) is 53.7 Å². The van der Waals surface area contributed by atoms with Gasteiger partial charge in [-0.15, -0.1) is 0 Å². The number of carbonyl (C=O) groups is 1. The van der Waals surface area contributed by atoms with Crippen LogP contribution in [0.5, 0.6) is 11.5 Å². The van der Waals surface area contributed by atoms with Gasteiger partial charge in [0.1, 0.15) is 23.9 Å². The molecule has 9 nitrogen and oxygen atoms in total. The van der Waals surface area contributed by atoms with E-state index in [9.17, 15) is 9.18 Å². The largest absolute Gasteiger partial charge is 0.496 e. The van der Waals surface area contributed by atoms with Crippen LogP contribution < -0.4 is 20.1 Å². The van der Waals surface area contributed by atoms with E-state index in [4.69, 9.17) is 14.6 Å². The number of methoxy groups -OCH3 is 2. The van der Waals surface area contributed by atoms with Gasteiger partial charge in [0.05, 0.1) is 38.2 Å². The molecule has 0 spiro atoms. The molecule has 0 bridgehead atoms. The van der Waals surface area contributed by atoms with Gasteiger partial charge in [-0.05, 0) is 42.0 Å². The molecule has 162 valence electrons. The predicted octanol–water partition coefficient (Wildman–Crippen LogP) is 2.88. The Morgan fingerprint density at radius 2 is 1.84 bits per heavy atom. The molecule has 3 aromatic rings. The number of carboxylic acid groups (broad SMARTS) is 1. The second kappa shape index (κ2) is 10.1. The molecular formula is C21H22FN5O4. The van der Waals surface area contributed by atoms with Crippen LogP contribution in [0.3, 0.4) is 0 Å². The van der Waals surface area contributed by atoms with E-state index < -0.39 is 5.97 Å². The van der Waals surface area contributed by atoms with Gasteiger partial charge in [-0.2, -0.15) is 0 Å². The number of H-pyrrole nitrogens is 1. The third-order valence-electron chi connectivity index (χ3n) is 4.30. The standard InChI is InChI=1S/C21H22FN5O4/c1-30-17-4-3-5-18(31-2)15(17)10-23-20(25-12-19(28)29)27-21-24-11-16(26-21)13-6-8-14(22)9-7-13/h3-9,11H,10,12H2,1-2H3,(H,28,29)(H3,23,24,25,26,27). The van der Waals surface area contributed by atoms with Crippen molar-refractivity contribution < 1.29 is 23.8 Å². The average Bonchev–Trinajstić information content (AvgIpc) is 3.24. The maximum atomic E-state index is 13.1. The summed E-state index contributed by atoms with van der Waals surface area (Å²) in [6.45, 7) is -0.186. The van der Waals surface area contributed by atoms with E-state index in [1.807, 2.05) is 0 Å². The number of hydrogen-bond donors (Lipinski definition) is 4. The second-order valence-corrected chi connectivity index (χ2v) is 6.33. The number of hydrogen-bond acceptors (Lipinski definition) is 5. The Hall–Kier alpha value is -4.08. The lowest BCUT2D eigenvalue weighted by molar-refractivity contribution is -0.135. The summed E-state index contributed by atoms with van der Waals surface area (Å²) in [5, 5.41) is 14.7. The van der Waals surface area contributed by atoms with Crippen LogP contribution in [-0.2, 0) is 11.3 Å². The molecular weight excluding hydrogens is 405 g/mol. The van der Waals surface area contributed by atoms with Crippen LogP contribution >= 0.6 is 0 Å². The van der Waals surface area contributed by atoms with E-state index in [-0.39, 0.29) is 24.9 Å². The number of benzene rings is 2. The first-order valence-corrected chi connectivity index (χ1v) is 9.28. The number of rotatable bonds is 8. The summed E-state index contributed by atoms with van der Waals surface area (Å²) in [6.07, 6.45) is 1.58. The Balaban J connectivity index is 1.82. The van der Waals surface area contributed by atoms with E-state index in [1.54, 1.807) is 50.7 Å². The molecule has 0 fully saturated rings. The number of aromatic nitrogens is 2. The summed E-state index contributed by atoms with van der Waals surface area (Å²) < 4.78 is 23.9. The van der Waals surface area contributed by atoms with Crippen molar-refractivity contribution in [1.82, 2.24) is 15.3 Å². The Kier molecular flexibility index (Phi) is 7.05. The van der Waals surface area contributed by atoms with Gasteiger partial charge in [0, 0.05) is 0 Å². The average molecular weight is 427 g/mol. The molecule has 0 unspecified atom stereocenters. The van der Waals surface area contributed by atoms with Crippen LogP contribution in [-0.4, -0.2) is 47.8 Å². The molecule has 4 N–H and O–H groups in total. The number of ether oxygens (including phenoxy) is 2. The zero-order valence-corrected chi connectivity index (χ0v) is 17.0. The summed E-state index contributed by atoms with van der Waals surface area (Å²) in [7, 11) is 3.09. The van der Waals surface area contributed by atoms with Crippen molar-refractivity contribution in [3.63, 3.8) is 0 Å². The summed E-state index contributed by atoms with van der Waals surface area (Å²) in [5.41, 5.74) is 2.11. The minimum absolute atomic E-state index is 0.160. The van der Waals surface area contributed by atoms with Crippen LogP contribution in [0.1, 0.15) is 5.56 Å². The van der Waals surface area contributed by atoms with Gasteiger partial charge in [0.2, 0.25) is 5.95 Å². The number of aromatic amines is 1. The Morgan fingerprint density at radius 1 is 1.16 bits per heavy atom. The number of nitrogens with one attached hydrogen (secondary N) is 3. The number of imidazole rings is 1. The van der Waals surface area contributed by atoms with Crippen molar-refractivity contribution in [3.05, 3.63) is 60.0 Å². The first kappa shape index (κ1) is 21.6. The van der Waals surface area contributed by atoms with Crippen LogP contribution in [0.2, 0.25) is 0 Å². The number of aliphatic carboxylic acids is 1.